The third-order valence-electron chi connectivity index (χ3n) is 5.43. The summed E-state index contributed by atoms with van der Waals surface area (Å²) in [7, 11) is 0. The van der Waals surface area contributed by atoms with Gasteiger partial charge in [-0.3, -0.25) is 9.80 Å². The van der Waals surface area contributed by atoms with E-state index >= 15 is 0 Å². The van der Waals surface area contributed by atoms with Crippen LogP contribution in [0.4, 0.5) is 0 Å². The molecule has 0 saturated carbocycles. The van der Waals surface area contributed by atoms with Gasteiger partial charge in [-0.2, -0.15) is 0 Å². The van der Waals surface area contributed by atoms with Gasteiger partial charge in [0, 0.05) is 45.5 Å². The van der Waals surface area contributed by atoms with Crippen molar-refractivity contribution in [2.45, 2.75) is 43.7 Å². The molecule has 0 aromatic heterocycles. The number of hydrogen-bond acceptors (Lipinski definition) is 5. The van der Waals surface area contributed by atoms with Gasteiger partial charge < -0.3 is 14.6 Å². The Morgan fingerprint density at radius 1 is 1.05 bits per heavy atom. The summed E-state index contributed by atoms with van der Waals surface area (Å²) < 4.78 is 11.7. The molecule has 1 atom stereocenters. The fourth-order valence-corrected chi connectivity index (χ4v) is 4.13. The first-order valence-corrected chi connectivity index (χ1v) is 8.60. The van der Waals surface area contributed by atoms with Crippen molar-refractivity contribution >= 4 is 0 Å². The van der Waals surface area contributed by atoms with Gasteiger partial charge in [0.1, 0.15) is 0 Å². The van der Waals surface area contributed by atoms with E-state index in [1.807, 2.05) is 0 Å². The van der Waals surface area contributed by atoms with Crippen LogP contribution >= 0.6 is 0 Å². The average Bonchev–Trinajstić information content (AvgIpc) is 2.74. The first kappa shape index (κ1) is 15.7. The van der Waals surface area contributed by atoms with E-state index in [2.05, 4.69) is 9.80 Å². The molecule has 0 aromatic carbocycles. The van der Waals surface area contributed by atoms with Crippen molar-refractivity contribution in [2.24, 2.45) is 0 Å². The van der Waals surface area contributed by atoms with E-state index in [1.54, 1.807) is 0 Å². The predicted octanol–water partition coefficient (Wildman–Crippen LogP) is 0.715. The molecule has 5 nitrogen and oxygen atoms in total. The first-order chi connectivity index (χ1) is 10.3. The highest BCUT2D eigenvalue weighted by atomic mass is 16.5. The third kappa shape index (κ3) is 3.96. The van der Waals surface area contributed by atoms with Crippen LogP contribution in [0, 0.1) is 0 Å². The fourth-order valence-electron chi connectivity index (χ4n) is 4.13. The van der Waals surface area contributed by atoms with Crippen LogP contribution in [0.25, 0.3) is 0 Å². The molecule has 0 aliphatic carbocycles. The van der Waals surface area contributed by atoms with E-state index in [4.69, 9.17) is 14.6 Å². The topological polar surface area (TPSA) is 45.2 Å². The molecule has 5 heteroatoms. The maximum Gasteiger partial charge on any atom is 0.0741 e. The standard InChI is InChI=1S/C16H30N2O3/c19-10-9-17-5-1-6-18(8-7-17)15-2-11-21-16(14-15)3-12-20-13-4-16/h15,19H,1-14H2. The van der Waals surface area contributed by atoms with Crippen LogP contribution in [0.5, 0.6) is 0 Å². The van der Waals surface area contributed by atoms with Gasteiger partial charge in [0.25, 0.3) is 0 Å². The SMILES string of the molecule is OCCN1CCCN(C2CCOC3(CCOCC3)C2)CC1. The Bertz CT molecular complexity index is 315. The number of nitrogens with zero attached hydrogens (tertiary/aromatic N) is 2. The van der Waals surface area contributed by atoms with Gasteiger partial charge in [0.05, 0.1) is 12.2 Å². The van der Waals surface area contributed by atoms with Crippen molar-refractivity contribution in [1.82, 2.24) is 9.80 Å². The summed E-state index contributed by atoms with van der Waals surface area (Å²) in [6.45, 7) is 8.27. The third-order valence-corrected chi connectivity index (χ3v) is 5.43. The second kappa shape index (κ2) is 7.38. The van der Waals surface area contributed by atoms with Gasteiger partial charge in [0.2, 0.25) is 0 Å². The lowest BCUT2D eigenvalue weighted by molar-refractivity contribution is -0.151. The smallest absolute Gasteiger partial charge is 0.0741 e. The Balaban J connectivity index is 1.55. The molecule has 3 saturated heterocycles. The molecule has 0 aromatic rings. The minimum absolute atomic E-state index is 0.0955. The summed E-state index contributed by atoms with van der Waals surface area (Å²) in [5, 5.41) is 9.11. The molecule has 3 aliphatic heterocycles. The molecule has 1 unspecified atom stereocenters. The molecule has 1 spiro atoms. The molecule has 1 N–H and O–H groups in total. The molecule has 3 heterocycles. The van der Waals surface area contributed by atoms with Gasteiger partial charge in [-0.15, -0.1) is 0 Å². The second-order valence-corrected chi connectivity index (χ2v) is 6.75. The van der Waals surface area contributed by atoms with E-state index in [0.29, 0.717) is 6.04 Å². The van der Waals surface area contributed by atoms with Crippen molar-refractivity contribution in [3.63, 3.8) is 0 Å². The van der Waals surface area contributed by atoms with E-state index < -0.39 is 0 Å². The molecule has 0 radical (unpaired) electrons. The van der Waals surface area contributed by atoms with E-state index in [9.17, 15) is 0 Å². The largest absolute Gasteiger partial charge is 0.395 e. The van der Waals surface area contributed by atoms with Crippen molar-refractivity contribution in [1.29, 1.82) is 0 Å². The molecule has 3 fully saturated rings. The molecule has 3 rings (SSSR count). The summed E-state index contributed by atoms with van der Waals surface area (Å²) in [4.78, 5) is 5.07. The van der Waals surface area contributed by atoms with E-state index in [0.717, 1.165) is 58.8 Å². The Morgan fingerprint density at radius 3 is 2.71 bits per heavy atom. The molecule has 122 valence electrons. The maximum atomic E-state index is 9.11. The van der Waals surface area contributed by atoms with Crippen LogP contribution in [-0.4, -0.2) is 85.7 Å². The predicted molar refractivity (Wildman–Crippen MR) is 81.5 cm³/mol. The number of ether oxygens (including phenoxy) is 2. The Morgan fingerprint density at radius 2 is 1.90 bits per heavy atom. The van der Waals surface area contributed by atoms with Crippen molar-refractivity contribution in [3.8, 4) is 0 Å². The summed E-state index contributed by atoms with van der Waals surface area (Å²) in [6.07, 6.45) is 5.69. The molecule has 0 bridgehead atoms. The molecule has 0 amide bonds. The Hall–Kier alpha value is -0.200. The van der Waals surface area contributed by atoms with Gasteiger partial charge in [-0.25, -0.2) is 0 Å². The highest BCUT2D eigenvalue weighted by Gasteiger charge is 2.40. The zero-order chi connectivity index (χ0) is 14.5. The van der Waals surface area contributed by atoms with Crippen molar-refractivity contribution in [3.05, 3.63) is 0 Å². The molecular formula is C16H30N2O3. The zero-order valence-corrected chi connectivity index (χ0v) is 13.1. The molecule has 21 heavy (non-hydrogen) atoms. The molecular weight excluding hydrogens is 268 g/mol. The van der Waals surface area contributed by atoms with Crippen molar-refractivity contribution < 1.29 is 14.6 Å². The van der Waals surface area contributed by atoms with Gasteiger partial charge in [-0.05, 0) is 45.2 Å². The minimum atomic E-state index is 0.0955. The summed E-state index contributed by atoms with van der Waals surface area (Å²) in [5.74, 6) is 0. The molecule has 3 aliphatic rings. The van der Waals surface area contributed by atoms with Gasteiger partial charge in [0.15, 0.2) is 0 Å². The summed E-state index contributed by atoms with van der Waals surface area (Å²) in [6, 6.07) is 0.672. The number of hydrogen-bond donors (Lipinski definition) is 1. The quantitative estimate of drug-likeness (QED) is 0.831. The van der Waals surface area contributed by atoms with Crippen LogP contribution in [-0.2, 0) is 9.47 Å². The minimum Gasteiger partial charge on any atom is -0.395 e. The number of aliphatic hydroxyl groups is 1. The maximum absolute atomic E-state index is 9.11. The summed E-state index contributed by atoms with van der Waals surface area (Å²) >= 11 is 0. The van der Waals surface area contributed by atoms with E-state index in [1.165, 1.54) is 25.8 Å². The second-order valence-electron chi connectivity index (χ2n) is 6.75. The lowest BCUT2D eigenvalue weighted by atomic mass is 9.83. The lowest BCUT2D eigenvalue weighted by Crippen LogP contribution is -2.51. The number of β-amino-alcohol motifs (C(OH)–C–C–N with tert-alkyl or cyclic N) is 1. The van der Waals surface area contributed by atoms with Crippen LogP contribution in [0.2, 0.25) is 0 Å². The van der Waals surface area contributed by atoms with E-state index in [-0.39, 0.29) is 12.2 Å². The van der Waals surface area contributed by atoms with Gasteiger partial charge >= 0.3 is 0 Å². The first-order valence-electron chi connectivity index (χ1n) is 8.60. The lowest BCUT2D eigenvalue weighted by Gasteiger charge is -2.46. The van der Waals surface area contributed by atoms with Crippen LogP contribution in [0.1, 0.15) is 32.1 Å². The highest BCUT2D eigenvalue weighted by molar-refractivity contribution is 4.93. The van der Waals surface area contributed by atoms with Crippen LogP contribution in [0.3, 0.4) is 0 Å². The summed E-state index contributed by atoms with van der Waals surface area (Å²) in [5.41, 5.74) is 0.0955. The highest BCUT2D eigenvalue weighted by Crippen LogP contribution is 2.36. The van der Waals surface area contributed by atoms with Crippen LogP contribution in [0.15, 0.2) is 0 Å². The number of rotatable bonds is 3. The Kier molecular flexibility index (Phi) is 5.51. The van der Waals surface area contributed by atoms with Crippen LogP contribution < -0.4 is 0 Å². The zero-order valence-electron chi connectivity index (χ0n) is 13.1. The average molecular weight is 298 g/mol. The number of aliphatic hydroxyl groups excluding tert-OH is 1. The van der Waals surface area contributed by atoms with Crippen molar-refractivity contribution in [2.75, 3.05) is 59.2 Å². The fraction of sp³-hybridized carbons (Fsp3) is 1.00. The monoisotopic (exact) mass is 298 g/mol. The normalized spacial score (nSPS) is 32.1. The Labute approximate surface area is 128 Å². The van der Waals surface area contributed by atoms with Gasteiger partial charge in [-0.1, -0.05) is 0 Å².